The molecule has 2 rings (SSSR count). The van der Waals surface area contributed by atoms with Gasteiger partial charge in [-0.2, -0.15) is 10.4 Å². The van der Waals surface area contributed by atoms with Crippen LogP contribution in [0.4, 0.5) is 5.69 Å². The molecule has 2 heterocycles. The topological polar surface area (TPSA) is 80.5 Å². The van der Waals surface area contributed by atoms with Crippen LogP contribution in [0.25, 0.3) is 5.82 Å². The van der Waals surface area contributed by atoms with Gasteiger partial charge in [0.05, 0.1) is 11.4 Å². The number of nitrogen functional groups attached to an aromatic ring is 1. The average molecular weight is 213 g/mol. The van der Waals surface area contributed by atoms with Crippen LogP contribution in [0.2, 0.25) is 0 Å². The molecule has 0 saturated heterocycles. The highest BCUT2D eigenvalue weighted by Gasteiger charge is 2.07. The SMILES string of the molecule is Cc1cc(C)n(-c2ccc(N)c(C#N)n2)n1. The minimum atomic E-state index is 0.227. The van der Waals surface area contributed by atoms with Gasteiger partial charge >= 0.3 is 0 Å². The van der Waals surface area contributed by atoms with Gasteiger partial charge in [0.2, 0.25) is 0 Å². The van der Waals surface area contributed by atoms with E-state index in [9.17, 15) is 0 Å². The van der Waals surface area contributed by atoms with E-state index in [1.54, 1.807) is 16.8 Å². The summed E-state index contributed by atoms with van der Waals surface area (Å²) in [5, 5.41) is 13.1. The normalized spacial score (nSPS) is 10.1. The van der Waals surface area contributed by atoms with Crippen LogP contribution in [0.15, 0.2) is 18.2 Å². The minimum Gasteiger partial charge on any atom is -0.396 e. The second kappa shape index (κ2) is 3.66. The van der Waals surface area contributed by atoms with Crippen molar-refractivity contribution in [3.63, 3.8) is 0 Å². The largest absolute Gasteiger partial charge is 0.396 e. The number of anilines is 1. The van der Waals surface area contributed by atoms with Crippen molar-refractivity contribution in [3.05, 3.63) is 35.3 Å². The molecule has 0 amide bonds. The highest BCUT2D eigenvalue weighted by atomic mass is 15.3. The zero-order valence-corrected chi connectivity index (χ0v) is 9.10. The maximum Gasteiger partial charge on any atom is 0.165 e. The molecule has 2 aromatic rings. The number of hydrogen-bond acceptors (Lipinski definition) is 4. The van der Waals surface area contributed by atoms with E-state index in [-0.39, 0.29) is 5.69 Å². The number of rotatable bonds is 1. The second-order valence-electron chi connectivity index (χ2n) is 3.56. The van der Waals surface area contributed by atoms with Gasteiger partial charge in [0.15, 0.2) is 11.5 Å². The van der Waals surface area contributed by atoms with Gasteiger partial charge in [-0.15, -0.1) is 0 Å². The van der Waals surface area contributed by atoms with E-state index in [0.29, 0.717) is 11.5 Å². The zero-order chi connectivity index (χ0) is 11.7. The van der Waals surface area contributed by atoms with E-state index in [1.807, 2.05) is 26.0 Å². The number of nitrogens with zero attached hydrogens (tertiary/aromatic N) is 4. The second-order valence-corrected chi connectivity index (χ2v) is 3.56. The van der Waals surface area contributed by atoms with Crippen molar-refractivity contribution in [2.24, 2.45) is 0 Å². The monoisotopic (exact) mass is 213 g/mol. The van der Waals surface area contributed by atoms with Crippen LogP contribution in [0.3, 0.4) is 0 Å². The van der Waals surface area contributed by atoms with E-state index in [2.05, 4.69) is 10.1 Å². The molecule has 0 saturated carbocycles. The quantitative estimate of drug-likeness (QED) is 0.775. The molecule has 80 valence electrons. The summed E-state index contributed by atoms with van der Waals surface area (Å²) in [6.07, 6.45) is 0. The lowest BCUT2D eigenvalue weighted by Gasteiger charge is -2.04. The van der Waals surface area contributed by atoms with Crippen molar-refractivity contribution >= 4 is 5.69 Å². The Balaban J connectivity index is 2.58. The van der Waals surface area contributed by atoms with Gasteiger partial charge in [-0.3, -0.25) is 0 Å². The Kier molecular flexibility index (Phi) is 2.33. The van der Waals surface area contributed by atoms with E-state index >= 15 is 0 Å². The smallest absolute Gasteiger partial charge is 0.165 e. The lowest BCUT2D eigenvalue weighted by atomic mass is 10.3. The molecule has 0 aliphatic rings. The first-order chi connectivity index (χ1) is 7.61. The summed E-state index contributed by atoms with van der Waals surface area (Å²) in [6.45, 7) is 3.84. The number of nitrogens with two attached hydrogens (primary N) is 1. The Morgan fingerprint density at radius 3 is 2.69 bits per heavy atom. The molecule has 0 aliphatic heterocycles. The molecule has 0 radical (unpaired) electrons. The molecule has 0 bridgehead atoms. The van der Waals surface area contributed by atoms with E-state index in [1.165, 1.54) is 0 Å². The third-order valence-electron chi connectivity index (χ3n) is 2.24. The van der Waals surface area contributed by atoms with Crippen molar-refractivity contribution in [2.75, 3.05) is 5.73 Å². The fraction of sp³-hybridized carbons (Fsp3) is 0.182. The van der Waals surface area contributed by atoms with E-state index in [0.717, 1.165) is 11.4 Å². The molecule has 0 spiro atoms. The maximum absolute atomic E-state index is 8.84. The summed E-state index contributed by atoms with van der Waals surface area (Å²) < 4.78 is 1.69. The summed E-state index contributed by atoms with van der Waals surface area (Å²) in [5.74, 6) is 0.608. The van der Waals surface area contributed by atoms with Crippen molar-refractivity contribution in [3.8, 4) is 11.9 Å². The molecular weight excluding hydrogens is 202 g/mol. The fourth-order valence-electron chi connectivity index (χ4n) is 1.53. The first-order valence-corrected chi connectivity index (χ1v) is 4.82. The Hall–Kier alpha value is -2.35. The zero-order valence-electron chi connectivity index (χ0n) is 9.10. The van der Waals surface area contributed by atoms with Crippen molar-refractivity contribution in [2.45, 2.75) is 13.8 Å². The summed E-state index contributed by atoms with van der Waals surface area (Å²) >= 11 is 0. The van der Waals surface area contributed by atoms with Crippen LogP contribution in [0.5, 0.6) is 0 Å². The first-order valence-electron chi connectivity index (χ1n) is 4.82. The molecule has 0 atom stereocenters. The van der Waals surface area contributed by atoms with Gasteiger partial charge < -0.3 is 5.73 Å². The van der Waals surface area contributed by atoms with Crippen LogP contribution in [-0.4, -0.2) is 14.8 Å². The van der Waals surface area contributed by atoms with Crippen LogP contribution >= 0.6 is 0 Å². The Morgan fingerprint density at radius 1 is 1.38 bits per heavy atom. The molecule has 0 fully saturated rings. The van der Waals surface area contributed by atoms with Crippen LogP contribution < -0.4 is 5.73 Å². The van der Waals surface area contributed by atoms with Crippen LogP contribution in [0, 0.1) is 25.2 Å². The molecule has 16 heavy (non-hydrogen) atoms. The number of pyridine rings is 1. The maximum atomic E-state index is 8.84. The van der Waals surface area contributed by atoms with Gasteiger partial charge in [0, 0.05) is 5.69 Å². The Labute approximate surface area is 93.1 Å². The molecular formula is C11H11N5. The highest BCUT2D eigenvalue weighted by Crippen LogP contribution is 2.14. The first kappa shape index (κ1) is 10.2. The lowest BCUT2D eigenvalue weighted by molar-refractivity contribution is 0.805. The molecule has 2 N–H and O–H groups in total. The van der Waals surface area contributed by atoms with Crippen LogP contribution in [-0.2, 0) is 0 Å². The number of aryl methyl sites for hydroxylation is 2. The molecule has 0 unspecified atom stereocenters. The van der Waals surface area contributed by atoms with Gasteiger partial charge in [-0.1, -0.05) is 0 Å². The van der Waals surface area contributed by atoms with E-state index < -0.39 is 0 Å². The van der Waals surface area contributed by atoms with Crippen molar-refractivity contribution in [1.29, 1.82) is 5.26 Å². The third kappa shape index (κ3) is 1.61. The summed E-state index contributed by atoms with van der Waals surface area (Å²) in [4.78, 5) is 4.15. The Morgan fingerprint density at radius 2 is 2.12 bits per heavy atom. The number of aromatic nitrogens is 3. The minimum absolute atomic E-state index is 0.227. The molecule has 2 aromatic heterocycles. The molecule has 5 heteroatoms. The van der Waals surface area contributed by atoms with E-state index in [4.69, 9.17) is 11.0 Å². The predicted octanol–water partition coefficient (Wildman–Crippen LogP) is 1.34. The summed E-state index contributed by atoms with van der Waals surface area (Å²) in [6, 6.07) is 7.31. The molecule has 0 aliphatic carbocycles. The molecule has 5 nitrogen and oxygen atoms in total. The summed E-state index contributed by atoms with van der Waals surface area (Å²) in [5.41, 5.74) is 8.10. The number of nitriles is 1. The molecule has 0 aromatic carbocycles. The van der Waals surface area contributed by atoms with Gasteiger partial charge in [-0.05, 0) is 32.0 Å². The average Bonchev–Trinajstić information content (AvgIpc) is 2.59. The van der Waals surface area contributed by atoms with Crippen molar-refractivity contribution < 1.29 is 0 Å². The fourth-order valence-corrected chi connectivity index (χ4v) is 1.53. The summed E-state index contributed by atoms with van der Waals surface area (Å²) in [7, 11) is 0. The Bertz CT molecular complexity index is 577. The van der Waals surface area contributed by atoms with Crippen molar-refractivity contribution in [1.82, 2.24) is 14.8 Å². The third-order valence-corrected chi connectivity index (χ3v) is 2.24. The lowest BCUT2D eigenvalue weighted by Crippen LogP contribution is -2.04. The van der Waals surface area contributed by atoms with Gasteiger partial charge in [0.1, 0.15) is 6.07 Å². The number of hydrogen-bond donors (Lipinski definition) is 1. The standard InChI is InChI=1S/C11H11N5/c1-7-5-8(2)16(15-7)11-4-3-9(13)10(6-12)14-11/h3-5H,13H2,1-2H3. The van der Waals surface area contributed by atoms with Crippen LogP contribution in [0.1, 0.15) is 17.1 Å². The highest BCUT2D eigenvalue weighted by molar-refractivity contribution is 5.52. The van der Waals surface area contributed by atoms with Gasteiger partial charge in [-0.25, -0.2) is 9.67 Å². The van der Waals surface area contributed by atoms with Gasteiger partial charge in [0.25, 0.3) is 0 Å². The predicted molar refractivity (Wildman–Crippen MR) is 60.0 cm³/mol.